The number of carbonyl (C=O) groups is 2. The third-order valence-corrected chi connectivity index (χ3v) is 6.80. The van der Waals surface area contributed by atoms with Gasteiger partial charge in [-0.05, 0) is 66.7 Å². The number of nitrogens with zero attached hydrogens (tertiary/aromatic N) is 2. The van der Waals surface area contributed by atoms with Crippen LogP contribution >= 0.6 is 23.4 Å². The van der Waals surface area contributed by atoms with E-state index < -0.39 is 5.97 Å². The summed E-state index contributed by atoms with van der Waals surface area (Å²) in [6, 6.07) is 19.2. The van der Waals surface area contributed by atoms with Gasteiger partial charge in [-0.2, -0.15) is 0 Å². The summed E-state index contributed by atoms with van der Waals surface area (Å²) in [5.41, 5.74) is 2.17. The second kappa shape index (κ2) is 12.5. The third-order valence-electron chi connectivity index (χ3n) is 5.42. The van der Waals surface area contributed by atoms with Crippen LogP contribution in [0, 0.1) is 0 Å². The minimum absolute atomic E-state index is 0.118. The van der Waals surface area contributed by atoms with Crippen LogP contribution in [0.3, 0.4) is 0 Å². The van der Waals surface area contributed by atoms with E-state index in [0.717, 1.165) is 11.1 Å². The number of hydrogen-bond acceptors (Lipinski definition) is 6. The van der Waals surface area contributed by atoms with Crippen molar-refractivity contribution in [2.45, 2.75) is 13.5 Å². The lowest BCUT2D eigenvalue weighted by molar-refractivity contribution is -0.121. The molecular weight excluding hydrogens is 524 g/mol. The van der Waals surface area contributed by atoms with Crippen molar-refractivity contribution in [3.63, 3.8) is 0 Å². The number of rotatable bonds is 10. The number of ether oxygens (including phenoxy) is 2. The molecule has 194 valence electrons. The van der Waals surface area contributed by atoms with Gasteiger partial charge < -0.3 is 14.6 Å². The quantitative estimate of drug-likeness (QED) is 0.221. The van der Waals surface area contributed by atoms with Crippen LogP contribution in [0.25, 0.3) is 6.08 Å². The Bertz CT molecular complexity index is 1440. The molecule has 9 heteroatoms. The van der Waals surface area contributed by atoms with Gasteiger partial charge in [0.2, 0.25) is 0 Å². The number of halogens is 1. The van der Waals surface area contributed by atoms with E-state index in [1.54, 1.807) is 30.4 Å². The minimum Gasteiger partial charge on any atom is -0.490 e. The van der Waals surface area contributed by atoms with Crippen molar-refractivity contribution in [1.29, 1.82) is 0 Å². The van der Waals surface area contributed by atoms with Gasteiger partial charge >= 0.3 is 5.97 Å². The van der Waals surface area contributed by atoms with Gasteiger partial charge in [0.05, 0.1) is 22.8 Å². The monoisotopic (exact) mass is 548 g/mol. The Balaban J connectivity index is 1.60. The van der Waals surface area contributed by atoms with Gasteiger partial charge in [0.1, 0.15) is 6.61 Å². The smallest absolute Gasteiger partial charge is 0.335 e. The van der Waals surface area contributed by atoms with E-state index in [1.165, 1.54) is 28.8 Å². The standard InChI is InChI=1S/C29H25ClN2O5S/c1-3-14-32-27(33)26(38-29(32)31-22-10-7-9-20(17-22)28(34)35)16-19-12-13-24(25(15-19)36-4-2)37-18-21-8-5-6-11-23(21)30/h3,5-13,15-17H,1,4,14,18H2,2H3,(H,34,35)/b26-16-,31-29?. The topological polar surface area (TPSA) is 88.4 Å². The largest absolute Gasteiger partial charge is 0.490 e. The van der Waals surface area contributed by atoms with E-state index in [2.05, 4.69) is 11.6 Å². The second-order valence-electron chi connectivity index (χ2n) is 8.08. The lowest BCUT2D eigenvalue weighted by Gasteiger charge is -2.13. The molecule has 0 aromatic heterocycles. The predicted molar refractivity (Wildman–Crippen MR) is 151 cm³/mol. The Labute approximate surface area is 230 Å². The summed E-state index contributed by atoms with van der Waals surface area (Å²) < 4.78 is 11.8. The number of carboxylic acid groups (broad SMARTS) is 1. The van der Waals surface area contributed by atoms with E-state index in [9.17, 15) is 14.7 Å². The maximum Gasteiger partial charge on any atom is 0.335 e. The average molecular weight is 549 g/mol. The normalized spacial score (nSPS) is 15.2. The predicted octanol–water partition coefficient (Wildman–Crippen LogP) is 6.81. The summed E-state index contributed by atoms with van der Waals surface area (Å²) in [4.78, 5) is 31.0. The molecule has 38 heavy (non-hydrogen) atoms. The van der Waals surface area contributed by atoms with Gasteiger partial charge in [0.15, 0.2) is 16.7 Å². The molecule has 0 unspecified atom stereocenters. The zero-order valence-corrected chi connectivity index (χ0v) is 22.2. The highest BCUT2D eigenvalue weighted by atomic mass is 35.5. The first-order chi connectivity index (χ1) is 18.4. The molecule has 1 heterocycles. The molecule has 4 rings (SSSR count). The van der Waals surface area contributed by atoms with Crippen molar-refractivity contribution in [3.05, 3.63) is 106 Å². The summed E-state index contributed by atoms with van der Waals surface area (Å²) >= 11 is 7.45. The van der Waals surface area contributed by atoms with E-state index in [1.807, 2.05) is 43.3 Å². The number of amidine groups is 1. The molecule has 0 bridgehead atoms. The van der Waals surface area contributed by atoms with Gasteiger partial charge in [-0.15, -0.1) is 6.58 Å². The molecule has 0 atom stereocenters. The summed E-state index contributed by atoms with van der Waals surface area (Å²) in [6.07, 6.45) is 3.38. The zero-order chi connectivity index (χ0) is 27.1. The molecule has 3 aromatic carbocycles. The maximum absolute atomic E-state index is 13.2. The summed E-state index contributed by atoms with van der Waals surface area (Å²) in [6.45, 7) is 6.61. The molecule has 1 aliphatic rings. The fourth-order valence-electron chi connectivity index (χ4n) is 3.62. The Morgan fingerprint density at radius 2 is 1.92 bits per heavy atom. The first-order valence-corrected chi connectivity index (χ1v) is 13.0. The van der Waals surface area contributed by atoms with E-state index in [0.29, 0.717) is 38.9 Å². The molecular formula is C29H25ClN2O5S. The lowest BCUT2D eigenvalue weighted by Crippen LogP contribution is -2.29. The summed E-state index contributed by atoms with van der Waals surface area (Å²) in [5.74, 6) is -0.157. The molecule has 1 fully saturated rings. The highest BCUT2D eigenvalue weighted by molar-refractivity contribution is 8.18. The Hall–Kier alpha value is -4.01. The fraction of sp³-hybridized carbons (Fsp3) is 0.138. The molecule has 1 aliphatic heterocycles. The van der Waals surface area contributed by atoms with Gasteiger partial charge in [-0.25, -0.2) is 9.79 Å². The zero-order valence-electron chi connectivity index (χ0n) is 20.6. The highest BCUT2D eigenvalue weighted by Crippen LogP contribution is 2.36. The Kier molecular flexibility index (Phi) is 8.89. The number of hydrogen-bond donors (Lipinski definition) is 1. The SMILES string of the molecule is C=CCN1C(=O)/C(=C/c2ccc(OCc3ccccc3Cl)c(OCC)c2)SC1=Nc1cccc(C(=O)O)c1. The Morgan fingerprint density at radius 3 is 2.66 bits per heavy atom. The van der Waals surface area contributed by atoms with E-state index in [4.69, 9.17) is 21.1 Å². The number of aliphatic imine (C=N–C) groups is 1. The van der Waals surface area contributed by atoms with Gasteiger partial charge in [-0.1, -0.05) is 48.0 Å². The molecule has 0 radical (unpaired) electrons. The summed E-state index contributed by atoms with van der Waals surface area (Å²) in [7, 11) is 0. The molecule has 1 saturated heterocycles. The van der Waals surface area contributed by atoms with Gasteiger partial charge in [0, 0.05) is 17.1 Å². The number of carbonyl (C=O) groups excluding carboxylic acids is 1. The molecule has 1 amide bonds. The van der Waals surface area contributed by atoms with Gasteiger partial charge in [-0.3, -0.25) is 9.69 Å². The first-order valence-electron chi connectivity index (χ1n) is 11.8. The number of amides is 1. The molecule has 0 spiro atoms. The van der Waals surface area contributed by atoms with Crippen LogP contribution in [0.4, 0.5) is 5.69 Å². The number of thioether (sulfide) groups is 1. The van der Waals surface area contributed by atoms with E-state index in [-0.39, 0.29) is 24.6 Å². The van der Waals surface area contributed by atoms with Crippen molar-refractivity contribution in [2.24, 2.45) is 4.99 Å². The van der Waals surface area contributed by atoms with E-state index >= 15 is 0 Å². The summed E-state index contributed by atoms with van der Waals surface area (Å²) in [5, 5.41) is 10.3. The van der Waals surface area contributed by atoms with Crippen LogP contribution in [-0.4, -0.2) is 40.2 Å². The highest BCUT2D eigenvalue weighted by Gasteiger charge is 2.32. The fourth-order valence-corrected chi connectivity index (χ4v) is 4.82. The molecule has 1 N–H and O–H groups in total. The van der Waals surface area contributed by atoms with Crippen molar-refractivity contribution in [1.82, 2.24) is 4.90 Å². The molecule has 3 aromatic rings. The van der Waals surface area contributed by atoms with Crippen molar-refractivity contribution >= 4 is 52.2 Å². The van der Waals surface area contributed by atoms with Crippen molar-refractivity contribution in [2.75, 3.05) is 13.2 Å². The van der Waals surface area contributed by atoms with Crippen molar-refractivity contribution in [3.8, 4) is 11.5 Å². The maximum atomic E-state index is 13.2. The minimum atomic E-state index is -1.05. The van der Waals surface area contributed by atoms with Crippen LogP contribution < -0.4 is 9.47 Å². The second-order valence-corrected chi connectivity index (χ2v) is 9.50. The molecule has 7 nitrogen and oxygen atoms in total. The first kappa shape index (κ1) is 27.0. The average Bonchev–Trinajstić information content (AvgIpc) is 3.18. The van der Waals surface area contributed by atoms with Crippen LogP contribution in [-0.2, 0) is 11.4 Å². The molecule has 0 aliphatic carbocycles. The van der Waals surface area contributed by atoms with Crippen LogP contribution in [0.5, 0.6) is 11.5 Å². The molecule has 0 saturated carbocycles. The van der Waals surface area contributed by atoms with Crippen LogP contribution in [0.1, 0.15) is 28.4 Å². The number of carboxylic acids is 1. The number of aromatic carboxylic acids is 1. The third kappa shape index (κ3) is 6.45. The van der Waals surface area contributed by atoms with Crippen molar-refractivity contribution < 1.29 is 24.2 Å². The lowest BCUT2D eigenvalue weighted by atomic mass is 10.1. The Morgan fingerprint density at radius 1 is 1.11 bits per heavy atom. The van der Waals surface area contributed by atoms with Crippen LogP contribution in [0.2, 0.25) is 5.02 Å². The van der Waals surface area contributed by atoms with Crippen LogP contribution in [0.15, 0.2) is 89.3 Å². The van der Waals surface area contributed by atoms with Gasteiger partial charge in [0.25, 0.3) is 5.91 Å². The number of benzene rings is 3.